The van der Waals surface area contributed by atoms with E-state index in [9.17, 15) is 9.90 Å². The number of β-amino-alcohol motifs (C(OH)–C–C–N with tert-alkyl or cyclic N) is 1. The van der Waals surface area contributed by atoms with Crippen molar-refractivity contribution in [3.8, 4) is 0 Å². The van der Waals surface area contributed by atoms with Crippen LogP contribution in [0.4, 0.5) is 0 Å². The second kappa shape index (κ2) is 6.51. The molecule has 2 unspecified atom stereocenters. The summed E-state index contributed by atoms with van der Waals surface area (Å²) in [7, 11) is 0. The highest BCUT2D eigenvalue weighted by Gasteiger charge is 2.32. The number of rotatable bonds is 3. The van der Waals surface area contributed by atoms with Gasteiger partial charge in [-0.15, -0.1) is 0 Å². The Kier molecular flexibility index (Phi) is 4.48. The van der Waals surface area contributed by atoms with Crippen LogP contribution in [0.2, 0.25) is 0 Å². The van der Waals surface area contributed by atoms with Crippen molar-refractivity contribution in [1.82, 2.24) is 20.1 Å². The summed E-state index contributed by atoms with van der Waals surface area (Å²) in [6, 6.07) is 3.86. The van der Waals surface area contributed by atoms with E-state index in [0.717, 1.165) is 32.7 Å². The van der Waals surface area contributed by atoms with E-state index >= 15 is 0 Å². The van der Waals surface area contributed by atoms with Gasteiger partial charge in [0.05, 0.1) is 12.1 Å². The average molecular weight is 290 g/mol. The Balaban J connectivity index is 1.47. The van der Waals surface area contributed by atoms with Crippen LogP contribution >= 0.6 is 0 Å². The Bertz CT molecular complexity index is 474. The minimum absolute atomic E-state index is 0.134. The highest BCUT2D eigenvalue weighted by Crippen LogP contribution is 2.13. The standard InChI is InChI=1S/C15H22N4O2/c20-13-9-14(17-10-13)15(21)19-7-5-18(6-8-19)11-12-1-3-16-4-2-12/h1-4,13-14,17,20H,5-11H2. The number of piperazine rings is 1. The van der Waals surface area contributed by atoms with E-state index in [1.165, 1.54) is 5.56 Å². The zero-order valence-electron chi connectivity index (χ0n) is 12.1. The van der Waals surface area contributed by atoms with Crippen molar-refractivity contribution in [1.29, 1.82) is 0 Å². The molecule has 0 aromatic carbocycles. The lowest BCUT2D eigenvalue weighted by atomic mass is 10.1. The fraction of sp³-hybridized carbons (Fsp3) is 0.600. The number of aliphatic hydroxyl groups excluding tert-OH is 1. The number of pyridine rings is 1. The molecule has 3 rings (SSSR count). The minimum atomic E-state index is -0.382. The molecule has 2 aliphatic heterocycles. The summed E-state index contributed by atoms with van der Waals surface area (Å²) in [5, 5.41) is 12.6. The maximum atomic E-state index is 12.3. The van der Waals surface area contributed by atoms with Gasteiger partial charge in [-0.25, -0.2) is 0 Å². The van der Waals surface area contributed by atoms with Gasteiger partial charge in [-0.2, -0.15) is 0 Å². The zero-order valence-corrected chi connectivity index (χ0v) is 12.1. The van der Waals surface area contributed by atoms with Crippen molar-refractivity contribution in [3.05, 3.63) is 30.1 Å². The first kappa shape index (κ1) is 14.4. The van der Waals surface area contributed by atoms with Crippen LogP contribution in [0.1, 0.15) is 12.0 Å². The van der Waals surface area contributed by atoms with Gasteiger partial charge >= 0.3 is 0 Å². The zero-order chi connectivity index (χ0) is 14.7. The summed E-state index contributed by atoms with van der Waals surface area (Å²) in [6.07, 6.45) is 3.78. The fourth-order valence-corrected chi connectivity index (χ4v) is 3.00. The Morgan fingerprint density at radius 3 is 2.62 bits per heavy atom. The molecule has 2 saturated heterocycles. The van der Waals surface area contributed by atoms with Crippen molar-refractivity contribution in [2.24, 2.45) is 0 Å². The molecule has 0 bridgehead atoms. The molecule has 0 spiro atoms. The lowest BCUT2D eigenvalue weighted by Crippen LogP contribution is -2.52. The normalized spacial score (nSPS) is 27.0. The molecule has 2 atom stereocenters. The molecule has 114 valence electrons. The average Bonchev–Trinajstić information content (AvgIpc) is 2.95. The smallest absolute Gasteiger partial charge is 0.239 e. The third-order valence-corrected chi connectivity index (χ3v) is 4.25. The van der Waals surface area contributed by atoms with Crippen LogP contribution in [0.3, 0.4) is 0 Å². The van der Waals surface area contributed by atoms with Gasteiger partial charge in [0, 0.05) is 51.7 Å². The lowest BCUT2D eigenvalue weighted by molar-refractivity contribution is -0.135. The van der Waals surface area contributed by atoms with E-state index in [0.29, 0.717) is 13.0 Å². The van der Waals surface area contributed by atoms with Crippen LogP contribution in [0, 0.1) is 0 Å². The summed E-state index contributed by atoms with van der Waals surface area (Å²) in [4.78, 5) is 20.6. The van der Waals surface area contributed by atoms with Crippen LogP contribution < -0.4 is 5.32 Å². The quantitative estimate of drug-likeness (QED) is 0.782. The predicted octanol–water partition coefficient (Wildman–Crippen LogP) is -0.551. The van der Waals surface area contributed by atoms with Crippen LogP contribution in [0.25, 0.3) is 0 Å². The molecule has 2 N–H and O–H groups in total. The van der Waals surface area contributed by atoms with Gasteiger partial charge in [-0.3, -0.25) is 14.7 Å². The third-order valence-electron chi connectivity index (χ3n) is 4.25. The Hall–Kier alpha value is -1.50. The lowest BCUT2D eigenvalue weighted by Gasteiger charge is -2.36. The molecular weight excluding hydrogens is 268 g/mol. The van der Waals surface area contributed by atoms with Crippen molar-refractivity contribution >= 4 is 5.91 Å². The summed E-state index contributed by atoms with van der Waals surface area (Å²) in [5.74, 6) is 0.134. The van der Waals surface area contributed by atoms with Gasteiger partial charge in [-0.05, 0) is 24.1 Å². The summed E-state index contributed by atoms with van der Waals surface area (Å²) in [5.41, 5.74) is 1.25. The SMILES string of the molecule is O=C(C1CC(O)CN1)N1CCN(Cc2ccncc2)CC1. The van der Waals surface area contributed by atoms with Crippen molar-refractivity contribution in [3.63, 3.8) is 0 Å². The van der Waals surface area contributed by atoms with Gasteiger partial charge in [0.2, 0.25) is 5.91 Å². The number of carbonyl (C=O) groups excluding carboxylic acids is 1. The van der Waals surface area contributed by atoms with E-state index in [1.807, 2.05) is 29.4 Å². The van der Waals surface area contributed by atoms with Gasteiger partial charge < -0.3 is 15.3 Å². The molecule has 0 radical (unpaired) electrons. The first-order chi connectivity index (χ1) is 10.2. The fourth-order valence-electron chi connectivity index (χ4n) is 3.00. The monoisotopic (exact) mass is 290 g/mol. The number of nitrogens with one attached hydrogen (secondary N) is 1. The topological polar surface area (TPSA) is 68.7 Å². The second-order valence-electron chi connectivity index (χ2n) is 5.81. The first-order valence-corrected chi connectivity index (χ1v) is 7.54. The van der Waals surface area contributed by atoms with Crippen molar-refractivity contribution in [2.45, 2.75) is 25.1 Å². The predicted molar refractivity (Wildman–Crippen MR) is 78.5 cm³/mol. The number of nitrogens with zero attached hydrogens (tertiary/aromatic N) is 3. The molecule has 1 aromatic rings. The van der Waals surface area contributed by atoms with E-state index in [4.69, 9.17) is 0 Å². The maximum Gasteiger partial charge on any atom is 0.239 e. The maximum absolute atomic E-state index is 12.3. The molecule has 0 saturated carbocycles. The molecule has 1 aromatic heterocycles. The number of hydrogen-bond donors (Lipinski definition) is 2. The first-order valence-electron chi connectivity index (χ1n) is 7.54. The summed E-state index contributed by atoms with van der Waals surface area (Å²) >= 11 is 0. The molecular formula is C15H22N4O2. The molecule has 21 heavy (non-hydrogen) atoms. The van der Waals surface area contributed by atoms with Crippen LogP contribution in [0.5, 0.6) is 0 Å². The second-order valence-corrected chi connectivity index (χ2v) is 5.81. The third kappa shape index (κ3) is 3.58. The highest BCUT2D eigenvalue weighted by atomic mass is 16.3. The molecule has 6 heteroatoms. The summed E-state index contributed by atoms with van der Waals surface area (Å²) < 4.78 is 0. The van der Waals surface area contributed by atoms with Crippen molar-refractivity contribution < 1.29 is 9.90 Å². The van der Waals surface area contributed by atoms with E-state index < -0.39 is 0 Å². The van der Waals surface area contributed by atoms with E-state index in [1.54, 1.807) is 0 Å². The number of aromatic nitrogens is 1. The number of aliphatic hydroxyl groups is 1. The number of amides is 1. The molecule has 3 heterocycles. The molecule has 1 amide bonds. The molecule has 6 nitrogen and oxygen atoms in total. The van der Waals surface area contributed by atoms with Crippen LogP contribution in [-0.4, -0.2) is 70.7 Å². The number of carbonyl (C=O) groups is 1. The van der Waals surface area contributed by atoms with Gasteiger partial charge in [0.1, 0.15) is 0 Å². The minimum Gasteiger partial charge on any atom is -0.392 e. The van der Waals surface area contributed by atoms with Crippen LogP contribution in [-0.2, 0) is 11.3 Å². The highest BCUT2D eigenvalue weighted by molar-refractivity contribution is 5.82. The Morgan fingerprint density at radius 2 is 2.00 bits per heavy atom. The molecule has 0 aliphatic carbocycles. The molecule has 2 aliphatic rings. The van der Waals surface area contributed by atoms with E-state index in [2.05, 4.69) is 15.2 Å². The Morgan fingerprint density at radius 1 is 1.29 bits per heavy atom. The summed E-state index contributed by atoms with van der Waals surface area (Å²) in [6.45, 7) is 4.74. The van der Waals surface area contributed by atoms with Crippen LogP contribution in [0.15, 0.2) is 24.5 Å². The van der Waals surface area contributed by atoms with Gasteiger partial charge in [-0.1, -0.05) is 0 Å². The largest absolute Gasteiger partial charge is 0.392 e. The number of hydrogen-bond acceptors (Lipinski definition) is 5. The van der Waals surface area contributed by atoms with E-state index in [-0.39, 0.29) is 18.1 Å². The Labute approximate surface area is 124 Å². The van der Waals surface area contributed by atoms with Gasteiger partial charge in [0.15, 0.2) is 0 Å². The van der Waals surface area contributed by atoms with Crippen molar-refractivity contribution in [2.75, 3.05) is 32.7 Å². The van der Waals surface area contributed by atoms with Gasteiger partial charge in [0.25, 0.3) is 0 Å². The molecule has 2 fully saturated rings.